The molecule has 0 unspecified atom stereocenters. The van der Waals surface area contributed by atoms with Crippen molar-refractivity contribution in [2.45, 2.75) is 13.8 Å². The van der Waals surface area contributed by atoms with Crippen LogP contribution in [-0.2, 0) is 4.74 Å². The minimum atomic E-state index is -0.531. The number of nitrogens with zero attached hydrogens (tertiary/aromatic N) is 2. The number of ether oxygens (including phenoxy) is 1. The molecule has 2 aromatic rings. The molecule has 0 amide bonds. The lowest BCUT2D eigenvalue weighted by Gasteiger charge is -2.06. The molecule has 104 valence electrons. The molecule has 0 aliphatic heterocycles. The third kappa shape index (κ3) is 3.08. The molecule has 6 heteroatoms. The minimum Gasteiger partial charge on any atom is -0.462 e. The fourth-order valence-electron chi connectivity index (χ4n) is 1.63. The van der Waals surface area contributed by atoms with Crippen LogP contribution in [0.1, 0.15) is 22.8 Å². The minimum absolute atomic E-state index is 0.0704. The average molecular weight is 311 g/mol. The highest BCUT2D eigenvalue weighted by Crippen LogP contribution is 2.24. The molecule has 20 heavy (non-hydrogen) atoms. The number of esters is 1. The maximum absolute atomic E-state index is 11.6. The van der Waals surface area contributed by atoms with Crippen molar-refractivity contribution < 1.29 is 9.53 Å². The normalized spacial score (nSPS) is 10.4. The van der Waals surface area contributed by atoms with Crippen LogP contribution in [0.15, 0.2) is 24.4 Å². The molecule has 0 bridgehead atoms. The van der Waals surface area contributed by atoms with E-state index >= 15 is 0 Å². The molecule has 0 saturated heterocycles. The van der Waals surface area contributed by atoms with Crippen molar-refractivity contribution >= 4 is 29.2 Å². The maximum Gasteiger partial charge on any atom is 0.342 e. The summed E-state index contributed by atoms with van der Waals surface area (Å²) in [7, 11) is 0. The first-order valence-corrected chi connectivity index (χ1v) is 6.74. The second kappa shape index (κ2) is 6.20. The molecule has 0 atom stereocenters. The van der Waals surface area contributed by atoms with Crippen LogP contribution in [0, 0.1) is 6.92 Å². The van der Waals surface area contributed by atoms with Crippen molar-refractivity contribution in [1.29, 1.82) is 0 Å². The molecule has 0 aliphatic rings. The van der Waals surface area contributed by atoms with E-state index in [4.69, 9.17) is 27.9 Å². The Kier molecular flexibility index (Phi) is 4.57. The molecule has 0 radical (unpaired) electrons. The van der Waals surface area contributed by atoms with E-state index in [0.717, 1.165) is 11.1 Å². The van der Waals surface area contributed by atoms with Gasteiger partial charge in [0.1, 0.15) is 10.7 Å². The molecule has 0 saturated carbocycles. The lowest BCUT2D eigenvalue weighted by Crippen LogP contribution is -2.07. The van der Waals surface area contributed by atoms with Gasteiger partial charge < -0.3 is 4.74 Å². The summed E-state index contributed by atoms with van der Waals surface area (Å²) in [5.41, 5.74) is 1.85. The Labute approximate surface area is 126 Å². The van der Waals surface area contributed by atoms with Gasteiger partial charge >= 0.3 is 5.97 Å². The van der Waals surface area contributed by atoms with Gasteiger partial charge in [0.15, 0.2) is 5.82 Å². The molecule has 0 spiro atoms. The first-order chi connectivity index (χ1) is 9.52. The van der Waals surface area contributed by atoms with E-state index in [-0.39, 0.29) is 17.3 Å². The largest absolute Gasteiger partial charge is 0.462 e. The van der Waals surface area contributed by atoms with Crippen LogP contribution in [0.3, 0.4) is 0 Å². The van der Waals surface area contributed by atoms with Gasteiger partial charge in [0.05, 0.1) is 6.61 Å². The Hall–Kier alpha value is -1.65. The molecule has 0 fully saturated rings. The average Bonchev–Trinajstić information content (AvgIpc) is 2.42. The van der Waals surface area contributed by atoms with E-state index in [1.54, 1.807) is 19.1 Å². The van der Waals surface area contributed by atoms with Gasteiger partial charge in [-0.1, -0.05) is 23.2 Å². The summed E-state index contributed by atoms with van der Waals surface area (Å²) in [6.07, 6.45) is 1.37. The summed E-state index contributed by atoms with van der Waals surface area (Å²) < 4.78 is 4.87. The molecule has 1 aromatic heterocycles. The van der Waals surface area contributed by atoms with Gasteiger partial charge in [-0.2, -0.15) is 0 Å². The van der Waals surface area contributed by atoms with Gasteiger partial charge in [-0.25, -0.2) is 14.8 Å². The van der Waals surface area contributed by atoms with Crippen molar-refractivity contribution in [1.82, 2.24) is 9.97 Å². The van der Waals surface area contributed by atoms with Gasteiger partial charge in [0, 0.05) is 16.8 Å². The number of rotatable bonds is 3. The van der Waals surface area contributed by atoms with Crippen LogP contribution in [0.5, 0.6) is 0 Å². The number of halogens is 2. The van der Waals surface area contributed by atoms with Crippen molar-refractivity contribution in [3.05, 3.63) is 45.7 Å². The lowest BCUT2D eigenvalue weighted by atomic mass is 10.1. The van der Waals surface area contributed by atoms with Gasteiger partial charge in [-0.3, -0.25) is 0 Å². The summed E-state index contributed by atoms with van der Waals surface area (Å²) in [5, 5.41) is 0.740. The zero-order chi connectivity index (χ0) is 14.7. The quantitative estimate of drug-likeness (QED) is 0.636. The Morgan fingerprint density at radius 1 is 1.35 bits per heavy atom. The summed E-state index contributed by atoms with van der Waals surface area (Å²) in [4.78, 5) is 19.9. The van der Waals surface area contributed by atoms with Crippen LogP contribution in [0.25, 0.3) is 11.4 Å². The van der Waals surface area contributed by atoms with Crippen molar-refractivity contribution in [3.8, 4) is 11.4 Å². The second-order valence-electron chi connectivity index (χ2n) is 4.08. The second-order valence-corrected chi connectivity index (χ2v) is 4.85. The number of hydrogen-bond acceptors (Lipinski definition) is 4. The van der Waals surface area contributed by atoms with Gasteiger partial charge in [0.2, 0.25) is 0 Å². The maximum atomic E-state index is 11.6. The Bertz CT molecular complexity index is 660. The predicted octanol–water partition coefficient (Wildman–Crippen LogP) is 3.94. The van der Waals surface area contributed by atoms with Crippen LogP contribution in [0.2, 0.25) is 10.2 Å². The van der Waals surface area contributed by atoms with Crippen molar-refractivity contribution in [3.63, 3.8) is 0 Å². The molecule has 2 rings (SSSR count). The number of aryl methyl sites for hydroxylation is 1. The number of carbonyl (C=O) groups excluding carboxylic acids is 1. The fourth-order valence-corrected chi connectivity index (χ4v) is 1.95. The molecule has 0 N–H and O–H groups in total. The molecular weight excluding hydrogens is 299 g/mol. The Balaban J connectivity index is 2.37. The summed E-state index contributed by atoms with van der Waals surface area (Å²) in [6.45, 7) is 3.88. The summed E-state index contributed by atoms with van der Waals surface area (Å²) in [5.74, 6) is -0.0980. The van der Waals surface area contributed by atoms with Gasteiger partial charge in [-0.05, 0) is 37.6 Å². The monoisotopic (exact) mass is 310 g/mol. The first-order valence-electron chi connectivity index (χ1n) is 5.99. The van der Waals surface area contributed by atoms with Crippen LogP contribution >= 0.6 is 23.2 Å². The Morgan fingerprint density at radius 2 is 2.10 bits per heavy atom. The number of hydrogen-bond donors (Lipinski definition) is 0. The van der Waals surface area contributed by atoms with E-state index in [2.05, 4.69) is 9.97 Å². The molecule has 1 aromatic carbocycles. The number of carbonyl (C=O) groups is 1. The van der Waals surface area contributed by atoms with Crippen LogP contribution in [0.4, 0.5) is 0 Å². The molecule has 0 aliphatic carbocycles. The zero-order valence-corrected chi connectivity index (χ0v) is 12.5. The SMILES string of the molecule is CCOC(=O)c1cnc(-c2ccc(Cl)c(C)c2)nc1Cl. The smallest absolute Gasteiger partial charge is 0.342 e. The number of benzene rings is 1. The van der Waals surface area contributed by atoms with E-state index in [1.165, 1.54) is 6.20 Å². The standard InChI is InChI=1S/C14H12Cl2N2O2/c1-3-20-14(19)10-7-17-13(18-12(10)16)9-4-5-11(15)8(2)6-9/h4-7H,3H2,1-2H3. The van der Waals surface area contributed by atoms with E-state index < -0.39 is 5.97 Å². The topological polar surface area (TPSA) is 52.1 Å². The highest BCUT2D eigenvalue weighted by Gasteiger charge is 2.15. The fraction of sp³-hybridized carbons (Fsp3) is 0.214. The van der Waals surface area contributed by atoms with Gasteiger partial charge in [-0.15, -0.1) is 0 Å². The molecule has 4 nitrogen and oxygen atoms in total. The highest BCUT2D eigenvalue weighted by atomic mass is 35.5. The summed E-state index contributed by atoms with van der Waals surface area (Å²) in [6, 6.07) is 5.42. The third-order valence-corrected chi connectivity index (χ3v) is 3.37. The Morgan fingerprint density at radius 3 is 2.70 bits per heavy atom. The molecule has 1 heterocycles. The van der Waals surface area contributed by atoms with Crippen molar-refractivity contribution in [2.24, 2.45) is 0 Å². The third-order valence-electron chi connectivity index (χ3n) is 2.65. The van der Waals surface area contributed by atoms with E-state index in [9.17, 15) is 4.79 Å². The lowest BCUT2D eigenvalue weighted by molar-refractivity contribution is 0.0525. The highest BCUT2D eigenvalue weighted by molar-refractivity contribution is 6.32. The summed E-state index contributed by atoms with van der Waals surface area (Å²) >= 11 is 12.0. The van der Waals surface area contributed by atoms with Crippen LogP contribution in [-0.4, -0.2) is 22.5 Å². The first kappa shape index (κ1) is 14.8. The van der Waals surface area contributed by atoms with E-state index in [1.807, 2.05) is 13.0 Å². The van der Waals surface area contributed by atoms with Crippen LogP contribution < -0.4 is 0 Å². The van der Waals surface area contributed by atoms with Crippen molar-refractivity contribution in [2.75, 3.05) is 6.61 Å². The van der Waals surface area contributed by atoms with Gasteiger partial charge in [0.25, 0.3) is 0 Å². The molecular formula is C14H12Cl2N2O2. The zero-order valence-electron chi connectivity index (χ0n) is 11.0. The van der Waals surface area contributed by atoms with E-state index in [0.29, 0.717) is 10.8 Å². The predicted molar refractivity (Wildman–Crippen MR) is 78.2 cm³/mol. The number of aromatic nitrogens is 2.